The molecule has 4 aromatic rings. The van der Waals surface area contributed by atoms with Gasteiger partial charge in [0.05, 0.1) is 32.2 Å². The van der Waals surface area contributed by atoms with Gasteiger partial charge < -0.3 is 11.1 Å². The van der Waals surface area contributed by atoms with E-state index in [0.717, 1.165) is 29.5 Å². The topological polar surface area (TPSA) is 113 Å². The maximum Gasteiger partial charge on any atom is 0.224 e. The Bertz CT molecular complexity index is 1330. The van der Waals surface area contributed by atoms with Gasteiger partial charge in [0, 0.05) is 12.6 Å². The number of nitrogens with zero attached hydrogens (tertiary/aromatic N) is 4. The normalized spacial score (nSPS) is 17.1. The molecular weight excluding hydrogens is 469 g/mol. The summed E-state index contributed by atoms with van der Waals surface area (Å²) in [6.07, 6.45) is 3.13. The van der Waals surface area contributed by atoms with Gasteiger partial charge in [-0.25, -0.2) is 4.21 Å². The van der Waals surface area contributed by atoms with E-state index >= 15 is 0 Å². The summed E-state index contributed by atoms with van der Waals surface area (Å²) in [4.78, 5) is 9.14. The number of nitrogens with two attached hydrogens (primary N) is 1. The van der Waals surface area contributed by atoms with Crippen molar-refractivity contribution in [2.24, 2.45) is 0 Å². The maximum absolute atomic E-state index is 13.5. The number of halogens is 2. The number of nitrogen functional groups attached to an aromatic ring is 1. The van der Waals surface area contributed by atoms with Crippen LogP contribution in [0.4, 0.5) is 17.5 Å². The number of nitrogens with one attached hydrogen (secondary N) is 2. The molecule has 1 aliphatic heterocycles. The molecule has 4 N–H and O–H groups in total. The Balaban J connectivity index is 1.46. The van der Waals surface area contributed by atoms with E-state index in [1.165, 1.54) is 0 Å². The minimum atomic E-state index is -1.44. The van der Waals surface area contributed by atoms with Gasteiger partial charge in [0.15, 0.2) is 16.6 Å². The summed E-state index contributed by atoms with van der Waals surface area (Å²) in [5.41, 5.74) is 8.46. The zero-order valence-corrected chi connectivity index (χ0v) is 19.1. The van der Waals surface area contributed by atoms with E-state index in [-0.39, 0.29) is 12.0 Å². The zero-order valence-electron chi connectivity index (χ0n) is 16.8. The number of aromatic amines is 1. The number of aromatic nitrogens is 4. The molecule has 2 aromatic carbocycles. The lowest BCUT2D eigenvalue weighted by atomic mass is 10.0. The largest absolute Gasteiger partial charge is 0.368 e. The van der Waals surface area contributed by atoms with Crippen molar-refractivity contribution < 1.29 is 4.21 Å². The molecular formula is C21H19Cl2N7OS. The van der Waals surface area contributed by atoms with Crippen LogP contribution in [0.3, 0.4) is 0 Å². The molecule has 164 valence electrons. The summed E-state index contributed by atoms with van der Waals surface area (Å²) in [7, 11) is -1.44. The van der Waals surface area contributed by atoms with E-state index in [1.54, 1.807) is 24.4 Å². The van der Waals surface area contributed by atoms with Crippen LogP contribution in [0.25, 0.3) is 11.0 Å². The van der Waals surface area contributed by atoms with E-state index in [1.807, 2.05) is 22.5 Å². The average Bonchev–Trinajstić information content (AvgIpc) is 3.17. The number of rotatable bonds is 4. The van der Waals surface area contributed by atoms with E-state index in [2.05, 4.69) is 31.5 Å². The van der Waals surface area contributed by atoms with E-state index < -0.39 is 11.0 Å². The standard InChI is InChI=1S/C21H19Cl2N7OS/c22-16-6-5-14(10-17(16)23)32(31)30-8-7-13(9-12-3-1-2-4-18(12)30)26-19-15-11-25-29-20(15)28-21(24)27-19/h1-6,10-11,13H,7-9H2,(H4,24,25,26,27,28,29). The minimum Gasteiger partial charge on any atom is -0.368 e. The summed E-state index contributed by atoms with van der Waals surface area (Å²) in [6.45, 7) is 0.566. The smallest absolute Gasteiger partial charge is 0.224 e. The lowest BCUT2D eigenvalue weighted by molar-refractivity contribution is 0.660. The lowest BCUT2D eigenvalue weighted by Gasteiger charge is -2.23. The number of para-hydroxylation sites is 1. The fraction of sp³-hybridized carbons (Fsp3) is 0.190. The van der Waals surface area contributed by atoms with Crippen LogP contribution in [0.2, 0.25) is 10.0 Å². The zero-order chi connectivity index (χ0) is 22.2. The number of anilines is 3. The predicted molar refractivity (Wildman–Crippen MR) is 128 cm³/mol. The third kappa shape index (κ3) is 3.99. The second kappa shape index (κ2) is 8.57. The Morgan fingerprint density at radius 3 is 2.84 bits per heavy atom. The Labute approximate surface area is 196 Å². The number of hydrogen-bond donors (Lipinski definition) is 3. The third-order valence-corrected chi connectivity index (χ3v) is 7.54. The third-order valence-electron chi connectivity index (χ3n) is 5.37. The second-order valence-corrected chi connectivity index (χ2v) is 9.68. The molecule has 0 aliphatic carbocycles. The molecule has 32 heavy (non-hydrogen) atoms. The number of benzene rings is 2. The Hall–Kier alpha value is -2.88. The molecule has 0 amide bonds. The average molecular weight is 488 g/mol. The maximum atomic E-state index is 13.5. The molecule has 11 heteroatoms. The van der Waals surface area contributed by atoms with Gasteiger partial charge in [-0.3, -0.25) is 9.40 Å². The molecule has 5 rings (SSSR count). The van der Waals surface area contributed by atoms with Gasteiger partial charge >= 0.3 is 0 Å². The van der Waals surface area contributed by atoms with Crippen LogP contribution in [0.5, 0.6) is 0 Å². The molecule has 8 nitrogen and oxygen atoms in total. The summed E-state index contributed by atoms with van der Waals surface area (Å²) >= 11 is 12.2. The van der Waals surface area contributed by atoms with Crippen molar-refractivity contribution in [3.63, 3.8) is 0 Å². The summed E-state index contributed by atoms with van der Waals surface area (Å²) < 4.78 is 15.4. The molecule has 0 fully saturated rings. The van der Waals surface area contributed by atoms with Crippen LogP contribution in [0.15, 0.2) is 53.6 Å². The van der Waals surface area contributed by atoms with Crippen molar-refractivity contribution >= 4 is 62.7 Å². The molecule has 2 unspecified atom stereocenters. The van der Waals surface area contributed by atoms with Crippen LogP contribution in [0, 0.1) is 0 Å². The van der Waals surface area contributed by atoms with Crippen LogP contribution in [0.1, 0.15) is 12.0 Å². The highest BCUT2D eigenvalue weighted by Gasteiger charge is 2.26. The quantitative estimate of drug-likeness (QED) is 0.397. The van der Waals surface area contributed by atoms with Crippen molar-refractivity contribution in [2.45, 2.75) is 23.8 Å². The predicted octanol–water partition coefficient (Wildman–Crippen LogP) is 4.20. The lowest BCUT2D eigenvalue weighted by Crippen LogP contribution is -2.29. The summed E-state index contributed by atoms with van der Waals surface area (Å²) in [5, 5.41) is 11.9. The van der Waals surface area contributed by atoms with Gasteiger partial charge in [0.1, 0.15) is 5.82 Å². The van der Waals surface area contributed by atoms with Crippen LogP contribution >= 0.6 is 23.2 Å². The SMILES string of the molecule is Nc1nc(NC2CCN(S(=O)c3ccc(Cl)c(Cl)c3)c3ccccc3C2)c2cn[nH]c2n1. The van der Waals surface area contributed by atoms with Crippen molar-refractivity contribution in [3.05, 3.63) is 64.3 Å². The van der Waals surface area contributed by atoms with Crippen molar-refractivity contribution in [3.8, 4) is 0 Å². The van der Waals surface area contributed by atoms with Gasteiger partial charge in [0.25, 0.3) is 0 Å². The van der Waals surface area contributed by atoms with Gasteiger partial charge in [-0.2, -0.15) is 15.1 Å². The van der Waals surface area contributed by atoms with E-state index in [9.17, 15) is 4.21 Å². The Morgan fingerprint density at radius 2 is 2.00 bits per heavy atom. The van der Waals surface area contributed by atoms with Crippen LogP contribution in [-0.4, -0.2) is 37.0 Å². The van der Waals surface area contributed by atoms with Crippen molar-refractivity contribution in [2.75, 3.05) is 21.9 Å². The fourth-order valence-electron chi connectivity index (χ4n) is 3.85. The molecule has 1 aliphatic rings. The van der Waals surface area contributed by atoms with Gasteiger partial charge in [0.2, 0.25) is 5.95 Å². The number of H-pyrrole nitrogens is 1. The van der Waals surface area contributed by atoms with E-state index in [0.29, 0.717) is 33.0 Å². The summed E-state index contributed by atoms with van der Waals surface area (Å²) in [5.74, 6) is 0.795. The molecule has 3 heterocycles. The summed E-state index contributed by atoms with van der Waals surface area (Å²) in [6, 6.07) is 13.1. The van der Waals surface area contributed by atoms with Gasteiger partial charge in [-0.1, -0.05) is 41.4 Å². The molecule has 0 radical (unpaired) electrons. The molecule has 0 saturated carbocycles. The molecule has 2 atom stereocenters. The first kappa shape index (κ1) is 21.0. The molecule has 0 spiro atoms. The minimum absolute atomic E-state index is 0.0411. The second-order valence-electron chi connectivity index (χ2n) is 7.45. The molecule has 2 aromatic heterocycles. The highest BCUT2D eigenvalue weighted by atomic mass is 35.5. The van der Waals surface area contributed by atoms with Gasteiger partial charge in [-0.05, 0) is 42.7 Å². The van der Waals surface area contributed by atoms with Gasteiger partial charge in [-0.15, -0.1) is 0 Å². The van der Waals surface area contributed by atoms with Crippen molar-refractivity contribution in [1.29, 1.82) is 0 Å². The number of fused-ring (bicyclic) bond motifs is 2. The molecule has 0 bridgehead atoms. The molecule has 0 saturated heterocycles. The Morgan fingerprint density at radius 1 is 1.16 bits per heavy atom. The van der Waals surface area contributed by atoms with Crippen molar-refractivity contribution in [1.82, 2.24) is 20.2 Å². The first-order chi connectivity index (χ1) is 15.5. The first-order valence-corrected chi connectivity index (χ1v) is 11.8. The van der Waals surface area contributed by atoms with Crippen LogP contribution < -0.4 is 15.4 Å². The first-order valence-electron chi connectivity index (χ1n) is 9.95. The Kier molecular flexibility index (Phi) is 5.62. The highest BCUT2D eigenvalue weighted by molar-refractivity contribution is 7.86. The number of hydrogen-bond acceptors (Lipinski definition) is 6. The highest BCUT2D eigenvalue weighted by Crippen LogP contribution is 2.32. The van der Waals surface area contributed by atoms with Crippen LogP contribution in [-0.2, 0) is 17.4 Å². The monoisotopic (exact) mass is 487 g/mol. The van der Waals surface area contributed by atoms with E-state index in [4.69, 9.17) is 28.9 Å². The fourth-order valence-corrected chi connectivity index (χ4v) is 5.50.